The summed E-state index contributed by atoms with van der Waals surface area (Å²) < 4.78 is 32.7. The van der Waals surface area contributed by atoms with E-state index >= 15 is 0 Å². The van der Waals surface area contributed by atoms with Gasteiger partial charge in [0.2, 0.25) is 0 Å². The van der Waals surface area contributed by atoms with Gasteiger partial charge in [-0.25, -0.2) is 4.57 Å². The first-order valence-electron chi connectivity index (χ1n) is 23.1. The van der Waals surface area contributed by atoms with Crippen LogP contribution in [0.4, 0.5) is 0 Å². The van der Waals surface area contributed by atoms with Crippen molar-refractivity contribution in [1.82, 2.24) is 0 Å². The fourth-order valence-corrected chi connectivity index (χ4v) is 7.83. The number of rotatable bonds is 39. The van der Waals surface area contributed by atoms with Gasteiger partial charge in [0.05, 0.1) is 25.4 Å². The van der Waals surface area contributed by atoms with Gasteiger partial charge in [-0.2, -0.15) is 0 Å². The number of carbonyl (C=O) groups excluding carboxylic acids is 3. The lowest BCUT2D eigenvalue weighted by Gasteiger charge is -2.20. The molecule has 61 heavy (non-hydrogen) atoms. The molecule has 0 spiro atoms. The first kappa shape index (κ1) is 56.3. The van der Waals surface area contributed by atoms with Gasteiger partial charge in [-0.15, -0.1) is 0 Å². The van der Waals surface area contributed by atoms with Gasteiger partial charge in [-0.05, 0) is 57.8 Å². The summed E-state index contributed by atoms with van der Waals surface area (Å²) in [6.07, 6.45) is 31.0. The van der Waals surface area contributed by atoms with Gasteiger partial charge in [-0.3, -0.25) is 28.2 Å². The summed E-state index contributed by atoms with van der Waals surface area (Å²) >= 11 is 0. The molecule has 0 aromatic heterocycles. The maximum absolute atomic E-state index is 12.7. The normalized spacial score (nSPS) is 19.4. The molecular weight excluding hydrogens is 805 g/mol. The van der Waals surface area contributed by atoms with Crippen LogP contribution in [0.2, 0.25) is 0 Å². The molecule has 14 nitrogen and oxygen atoms in total. The van der Waals surface area contributed by atoms with Crippen molar-refractivity contribution in [2.24, 2.45) is 17.6 Å². The van der Waals surface area contributed by atoms with E-state index in [1.54, 1.807) is 12.2 Å². The topological polar surface area (TPSA) is 229 Å². The number of hydrogen-bond donors (Lipinski definition) is 5. The maximum Gasteiger partial charge on any atom is 0.472 e. The highest BCUT2D eigenvalue weighted by Gasteiger charge is 2.39. The van der Waals surface area contributed by atoms with Gasteiger partial charge in [0.1, 0.15) is 18.4 Å². The molecule has 352 valence electrons. The van der Waals surface area contributed by atoms with Crippen molar-refractivity contribution in [3.05, 3.63) is 36.5 Å². The number of phosphoric acid groups is 1. The average molecular weight is 886 g/mol. The summed E-state index contributed by atoms with van der Waals surface area (Å²) in [4.78, 5) is 58.8. The van der Waals surface area contributed by atoms with Crippen molar-refractivity contribution in [2.45, 2.75) is 199 Å². The molecule has 1 rings (SSSR count). The zero-order chi connectivity index (χ0) is 45.1. The lowest BCUT2D eigenvalue weighted by atomic mass is 9.88. The molecular formula is C46H80NO13P. The molecule has 0 heterocycles. The molecule has 0 saturated heterocycles. The van der Waals surface area contributed by atoms with Gasteiger partial charge >= 0.3 is 25.7 Å². The van der Waals surface area contributed by atoms with Crippen molar-refractivity contribution in [3.8, 4) is 0 Å². The Hall–Kier alpha value is -2.71. The lowest BCUT2D eigenvalue weighted by molar-refractivity contribution is -0.161. The molecule has 1 fully saturated rings. The van der Waals surface area contributed by atoms with E-state index in [1.807, 2.05) is 0 Å². The van der Waals surface area contributed by atoms with Crippen LogP contribution in [0, 0.1) is 11.8 Å². The van der Waals surface area contributed by atoms with Gasteiger partial charge in [0, 0.05) is 31.1 Å². The van der Waals surface area contributed by atoms with Gasteiger partial charge in [-0.1, -0.05) is 134 Å². The molecule has 7 atom stereocenters. The van der Waals surface area contributed by atoms with E-state index in [0.29, 0.717) is 32.1 Å². The Labute approximate surface area is 365 Å². The molecule has 0 aliphatic heterocycles. The van der Waals surface area contributed by atoms with E-state index in [2.05, 4.69) is 42.7 Å². The SMILES string of the molecule is CCCCC/C=C\C/C=C\CCCCCCCCCC(=O)O[C@H](COC(=O)CCCCCC[C@H]1C(=O)C[C@@H](O)[C@@H]1/C=C/[C@@H](O)CCCCC)COP(=O)(O)OC[C@H](N)C(=O)O. The Balaban J connectivity index is 2.45. The van der Waals surface area contributed by atoms with Crippen LogP contribution in [-0.4, -0.2) is 88.1 Å². The Bertz CT molecular complexity index is 1340. The third kappa shape index (κ3) is 30.1. The largest absolute Gasteiger partial charge is 0.480 e. The molecule has 0 aromatic rings. The second kappa shape index (κ2) is 35.7. The van der Waals surface area contributed by atoms with Crippen LogP contribution in [0.5, 0.6) is 0 Å². The molecule has 1 saturated carbocycles. The average Bonchev–Trinajstić information content (AvgIpc) is 3.49. The molecule has 0 amide bonds. The molecule has 6 N–H and O–H groups in total. The number of carbonyl (C=O) groups is 4. The number of aliphatic hydroxyl groups excluding tert-OH is 2. The number of carboxylic acids is 1. The second-order valence-corrected chi connectivity index (χ2v) is 17.8. The number of hydrogen-bond acceptors (Lipinski definition) is 12. The highest BCUT2D eigenvalue weighted by atomic mass is 31.2. The molecule has 1 aliphatic rings. The molecule has 0 bridgehead atoms. The van der Waals surface area contributed by atoms with Crippen LogP contribution in [0.1, 0.15) is 174 Å². The van der Waals surface area contributed by atoms with Crippen molar-refractivity contribution in [2.75, 3.05) is 19.8 Å². The number of allylic oxidation sites excluding steroid dienone is 4. The van der Waals surface area contributed by atoms with Crippen molar-refractivity contribution >= 4 is 31.5 Å². The zero-order valence-electron chi connectivity index (χ0n) is 37.2. The minimum absolute atomic E-state index is 0.0235. The monoisotopic (exact) mass is 886 g/mol. The number of ether oxygens (including phenoxy) is 2. The summed E-state index contributed by atoms with van der Waals surface area (Å²) in [7, 11) is -4.78. The number of carboxylic acid groups (broad SMARTS) is 1. The third-order valence-corrected chi connectivity index (χ3v) is 11.7. The quantitative estimate of drug-likeness (QED) is 0.0168. The Morgan fingerprint density at radius 2 is 1.33 bits per heavy atom. The predicted octanol–water partition coefficient (Wildman–Crippen LogP) is 8.98. The molecule has 1 unspecified atom stereocenters. The van der Waals surface area contributed by atoms with Crippen LogP contribution in [0.15, 0.2) is 36.5 Å². The predicted molar refractivity (Wildman–Crippen MR) is 236 cm³/mol. The van der Waals surface area contributed by atoms with E-state index in [-0.39, 0.29) is 36.9 Å². The molecule has 1 aliphatic carbocycles. The highest BCUT2D eigenvalue weighted by molar-refractivity contribution is 7.47. The number of nitrogens with two attached hydrogens (primary N) is 1. The number of aliphatic hydroxyl groups is 2. The summed E-state index contributed by atoms with van der Waals surface area (Å²) in [5.41, 5.74) is 5.33. The second-order valence-electron chi connectivity index (χ2n) is 16.3. The number of esters is 2. The highest BCUT2D eigenvalue weighted by Crippen LogP contribution is 2.43. The first-order valence-corrected chi connectivity index (χ1v) is 24.6. The van der Waals surface area contributed by atoms with E-state index in [4.69, 9.17) is 24.8 Å². The Morgan fingerprint density at radius 3 is 1.97 bits per heavy atom. The summed E-state index contributed by atoms with van der Waals surface area (Å²) in [6.45, 7) is 2.43. The fourth-order valence-electron chi connectivity index (χ4n) is 7.05. The Morgan fingerprint density at radius 1 is 0.770 bits per heavy atom. The molecule has 0 aromatic carbocycles. The maximum atomic E-state index is 12.7. The number of unbranched alkanes of at least 4 members (excludes halogenated alkanes) is 15. The van der Waals surface area contributed by atoms with Crippen LogP contribution < -0.4 is 5.73 Å². The van der Waals surface area contributed by atoms with Gasteiger partial charge < -0.3 is 35.4 Å². The van der Waals surface area contributed by atoms with Crippen LogP contribution >= 0.6 is 7.82 Å². The van der Waals surface area contributed by atoms with Gasteiger partial charge in [0.25, 0.3) is 0 Å². The number of Topliss-reactive ketones (excluding diaryl/α,β-unsaturated/α-hetero) is 1. The smallest absolute Gasteiger partial charge is 0.472 e. The summed E-state index contributed by atoms with van der Waals surface area (Å²) in [6, 6.07) is -1.56. The van der Waals surface area contributed by atoms with Crippen molar-refractivity contribution in [3.63, 3.8) is 0 Å². The fraction of sp³-hybridized carbons (Fsp3) is 0.783. The van der Waals surface area contributed by atoms with E-state index in [0.717, 1.165) is 89.9 Å². The number of aliphatic carboxylic acids is 1. The molecule has 15 heteroatoms. The van der Waals surface area contributed by atoms with E-state index in [1.165, 1.54) is 19.3 Å². The summed E-state index contributed by atoms with van der Waals surface area (Å²) in [5.74, 6) is -3.18. The van der Waals surface area contributed by atoms with Crippen LogP contribution in [0.25, 0.3) is 0 Å². The zero-order valence-corrected chi connectivity index (χ0v) is 38.1. The molecule has 0 radical (unpaired) electrons. The van der Waals surface area contributed by atoms with E-state index in [9.17, 15) is 38.8 Å². The van der Waals surface area contributed by atoms with Crippen LogP contribution in [0.3, 0.4) is 0 Å². The number of ketones is 1. The third-order valence-electron chi connectivity index (χ3n) is 10.8. The lowest BCUT2D eigenvalue weighted by Crippen LogP contribution is -2.34. The number of phosphoric ester groups is 1. The first-order chi connectivity index (χ1) is 29.3. The van der Waals surface area contributed by atoms with Crippen LogP contribution in [-0.2, 0) is 42.3 Å². The standard InChI is InChI=1S/C46H80NO13P/c1-3-5-7-8-9-10-11-12-13-14-15-16-17-18-19-20-26-30-45(52)60-38(35-58-61(55,56)59-36-41(47)46(53)54)34-57-44(51)29-25-22-21-24-28-39-40(43(50)33-42(39)49)32-31-37(48)27-23-6-4-2/h9-10,12-13,31-32,37-41,43,48,50H,3-8,11,14-30,33-36,47H2,1-2H3,(H,53,54)(H,55,56)/b10-9-,13-12-,32-31+/t37-,38+,39+,40+,41-,43+/m0/s1. The van der Waals surface area contributed by atoms with Crippen molar-refractivity contribution < 1.29 is 62.5 Å². The Kier molecular flexibility index (Phi) is 33.0. The summed E-state index contributed by atoms with van der Waals surface area (Å²) in [5, 5.41) is 29.6. The van der Waals surface area contributed by atoms with Gasteiger partial charge in [0.15, 0.2) is 6.10 Å². The van der Waals surface area contributed by atoms with Crippen molar-refractivity contribution in [1.29, 1.82) is 0 Å². The minimum atomic E-state index is -4.78. The minimum Gasteiger partial charge on any atom is -0.480 e. The van der Waals surface area contributed by atoms with E-state index < -0.39 is 69.9 Å².